The van der Waals surface area contributed by atoms with Crippen molar-refractivity contribution < 1.29 is 13.9 Å². The number of ether oxygens (including phenoxy) is 1. The number of carbonyl (C=O) groups is 1. The minimum absolute atomic E-state index is 0.282. The van der Waals surface area contributed by atoms with Crippen molar-refractivity contribution in [3.05, 3.63) is 16.8 Å². The Labute approximate surface area is 119 Å². The summed E-state index contributed by atoms with van der Waals surface area (Å²) in [7, 11) is 0. The van der Waals surface area contributed by atoms with Crippen molar-refractivity contribution in [1.82, 2.24) is 4.90 Å². The fourth-order valence-corrected chi connectivity index (χ4v) is 3.91. The molecule has 6 heteroatoms. The molecule has 4 saturated heterocycles. The fourth-order valence-electron chi connectivity index (χ4n) is 3.63. The smallest absolute Gasteiger partial charge is 0.417 e. The third-order valence-electron chi connectivity index (χ3n) is 4.58. The summed E-state index contributed by atoms with van der Waals surface area (Å²) in [6, 6.07) is 1.81. The molecule has 1 aromatic heterocycles. The number of halogens is 1. The van der Waals surface area contributed by atoms with E-state index in [-0.39, 0.29) is 11.7 Å². The number of hydrogen-bond acceptors (Lipinski definition) is 4. The number of anilines is 1. The standard InChI is InChI=1S/C13H15BrN2O3/c14-10-5-11(18-6-10)16-8-13(19-12(16)17)7-15-3-1-9(13)2-4-15/h5-6,9H,1-4,7-8H2/t13-/m0/s1. The van der Waals surface area contributed by atoms with Crippen LogP contribution in [0.2, 0.25) is 0 Å². The predicted molar refractivity (Wildman–Crippen MR) is 72.1 cm³/mol. The Bertz CT molecular complexity index is 524. The largest absolute Gasteiger partial charge is 0.447 e. The van der Waals surface area contributed by atoms with Crippen LogP contribution in [0.5, 0.6) is 0 Å². The molecule has 4 fully saturated rings. The predicted octanol–water partition coefficient (Wildman–Crippen LogP) is 2.46. The summed E-state index contributed by atoms with van der Waals surface area (Å²) in [4.78, 5) is 16.2. The Hall–Kier alpha value is -1.01. The number of furan rings is 1. The van der Waals surface area contributed by atoms with Crippen LogP contribution in [0.25, 0.3) is 0 Å². The minimum atomic E-state index is -0.327. The van der Waals surface area contributed by atoms with Gasteiger partial charge in [0.2, 0.25) is 5.88 Å². The molecule has 1 spiro atoms. The normalized spacial score (nSPS) is 37.1. The molecule has 1 atom stereocenters. The molecule has 5 rings (SSSR count). The van der Waals surface area contributed by atoms with Crippen LogP contribution >= 0.6 is 15.9 Å². The highest BCUT2D eigenvalue weighted by Gasteiger charge is 2.56. The topological polar surface area (TPSA) is 45.9 Å². The molecule has 0 unspecified atom stereocenters. The van der Waals surface area contributed by atoms with E-state index in [1.807, 2.05) is 6.07 Å². The maximum atomic E-state index is 12.1. The molecule has 0 radical (unpaired) electrons. The maximum absolute atomic E-state index is 12.1. The number of piperidine rings is 3. The average Bonchev–Trinajstić information content (AvgIpc) is 2.95. The van der Waals surface area contributed by atoms with E-state index in [4.69, 9.17) is 9.15 Å². The van der Waals surface area contributed by atoms with Gasteiger partial charge in [0, 0.05) is 18.5 Å². The van der Waals surface area contributed by atoms with Gasteiger partial charge in [0.15, 0.2) is 0 Å². The molecule has 19 heavy (non-hydrogen) atoms. The van der Waals surface area contributed by atoms with Gasteiger partial charge in [0.05, 0.1) is 11.0 Å². The molecule has 0 aliphatic carbocycles. The lowest BCUT2D eigenvalue weighted by atomic mass is 9.75. The van der Waals surface area contributed by atoms with Gasteiger partial charge in [-0.15, -0.1) is 0 Å². The summed E-state index contributed by atoms with van der Waals surface area (Å²) in [6.45, 7) is 3.74. The summed E-state index contributed by atoms with van der Waals surface area (Å²) < 4.78 is 12.0. The van der Waals surface area contributed by atoms with Crippen LogP contribution in [0, 0.1) is 5.92 Å². The fraction of sp³-hybridized carbons (Fsp3) is 0.615. The monoisotopic (exact) mass is 326 g/mol. The molecule has 102 valence electrons. The summed E-state index contributed by atoms with van der Waals surface area (Å²) in [5.74, 6) is 1.05. The van der Waals surface area contributed by atoms with Crippen molar-refractivity contribution in [1.29, 1.82) is 0 Å². The summed E-state index contributed by atoms with van der Waals surface area (Å²) >= 11 is 3.34. The Balaban J connectivity index is 1.63. The van der Waals surface area contributed by atoms with Crippen molar-refractivity contribution >= 4 is 27.9 Å². The highest BCUT2D eigenvalue weighted by Crippen LogP contribution is 2.43. The highest BCUT2D eigenvalue weighted by atomic mass is 79.9. The maximum Gasteiger partial charge on any atom is 0.417 e. The average molecular weight is 327 g/mol. The zero-order valence-electron chi connectivity index (χ0n) is 10.5. The molecule has 1 amide bonds. The first-order valence-corrected chi connectivity index (χ1v) is 7.42. The van der Waals surface area contributed by atoms with Gasteiger partial charge in [-0.3, -0.25) is 4.90 Å². The zero-order chi connectivity index (χ0) is 13.0. The van der Waals surface area contributed by atoms with Gasteiger partial charge in [-0.05, 0) is 41.9 Å². The lowest BCUT2D eigenvalue weighted by molar-refractivity contribution is -0.0881. The molecule has 1 aromatic rings. The number of rotatable bonds is 1. The molecule has 0 aromatic carbocycles. The Kier molecular flexibility index (Phi) is 2.48. The summed E-state index contributed by atoms with van der Waals surface area (Å²) in [6.07, 6.45) is 3.56. The molecule has 5 nitrogen and oxygen atoms in total. The van der Waals surface area contributed by atoms with Gasteiger partial charge in [0.1, 0.15) is 11.9 Å². The van der Waals surface area contributed by atoms with Crippen LogP contribution in [-0.4, -0.2) is 42.8 Å². The van der Waals surface area contributed by atoms with Crippen molar-refractivity contribution in [3.63, 3.8) is 0 Å². The van der Waals surface area contributed by atoms with Gasteiger partial charge in [-0.25, -0.2) is 9.69 Å². The third kappa shape index (κ3) is 1.73. The van der Waals surface area contributed by atoms with Crippen molar-refractivity contribution in [3.8, 4) is 0 Å². The molecule has 2 bridgehead atoms. The number of fused-ring (bicyclic) bond motifs is 2. The Morgan fingerprint density at radius 2 is 2.11 bits per heavy atom. The highest BCUT2D eigenvalue weighted by molar-refractivity contribution is 9.10. The van der Waals surface area contributed by atoms with E-state index in [2.05, 4.69) is 20.8 Å². The lowest BCUT2D eigenvalue weighted by Crippen LogP contribution is -2.61. The molecule has 4 aliphatic rings. The second-order valence-corrected chi connectivity index (χ2v) is 6.59. The first-order chi connectivity index (χ1) is 9.16. The SMILES string of the molecule is O=C1O[C@@]2(CN3CCC2CC3)CN1c1cc(Br)co1. The van der Waals surface area contributed by atoms with E-state index in [1.54, 1.807) is 11.2 Å². The van der Waals surface area contributed by atoms with Gasteiger partial charge in [-0.2, -0.15) is 0 Å². The van der Waals surface area contributed by atoms with Gasteiger partial charge < -0.3 is 9.15 Å². The molecular weight excluding hydrogens is 312 g/mol. The second kappa shape index (κ2) is 3.99. The number of nitrogens with zero attached hydrogens (tertiary/aromatic N) is 2. The van der Waals surface area contributed by atoms with Gasteiger partial charge in [-0.1, -0.05) is 0 Å². The van der Waals surface area contributed by atoms with Crippen molar-refractivity contribution in [2.45, 2.75) is 18.4 Å². The van der Waals surface area contributed by atoms with Crippen LogP contribution in [0.15, 0.2) is 21.2 Å². The Morgan fingerprint density at radius 1 is 1.32 bits per heavy atom. The first-order valence-electron chi connectivity index (χ1n) is 6.63. The third-order valence-corrected chi connectivity index (χ3v) is 5.00. The van der Waals surface area contributed by atoms with Crippen molar-refractivity contribution in [2.24, 2.45) is 5.92 Å². The van der Waals surface area contributed by atoms with Crippen LogP contribution < -0.4 is 4.90 Å². The van der Waals surface area contributed by atoms with E-state index in [1.165, 1.54) is 0 Å². The molecule has 5 heterocycles. The van der Waals surface area contributed by atoms with Crippen LogP contribution in [0.4, 0.5) is 10.7 Å². The van der Waals surface area contributed by atoms with Gasteiger partial charge >= 0.3 is 6.09 Å². The van der Waals surface area contributed by atoms with Crippen LogP contribution in [0.1, 0.15) is 12.8 Å². The number of amides is 1. The van der Waals surface area contributed by atoms with E-state index in [0.717, 1.165) is 36.9 Å². The molecule has 0 saturated carbocycles. The molecule has 0 N–H and O–H groups in total. The number of carbonyl (C=O) groups excluding carboxylic acids is 1. The second-order valence-electron chi connectivity index (χ2n) is 5.67. The zero-order valence-corrected chi connectivity index (χ0v) is 12.1. The van der Waals surface area contributed by atoms with E-state index in [0.29, 0.717) is 18.3 Å². The lowest BCUT2D eigenvalue weighted by Gasteiger charge is -2.49. The van der Waals surface area contributed by atoms with Gasteiger partial charge in [0.25, 0.3) is 0 Å². The first kappa shape index (κ1) is 11.8. The van der Waals surface area contributed by atoms with E-state index < -0.39 is 0 Å². The van der Waals surface area contributed by atoms with E-state index >= 15 is 0 Å². The quantitative estimate of drug-likeness (QED) is 0.795. The van der Waals surface area contributed by atoms with Crippen LogP contribution in [-0.2, 0) is 4.74 Å². The summed E-state index contributed by atoms with van der Waals surface area (Å²) in [5, 5.41) is 0. The summed E-state index contributed by atoms with van der Waals surface area (Å²) in [5.41, 5.74) is -0.327. The van der Waals surface area contributed by atoms with Crippen LogP contribution in [0.3, 0.4) is 0 Å². The van der Waals surface area contributed by atoms with Crippen molar-refractivity contribution in [2.75, 3.05) is 31.1 Å². The molecular formula is C13H15BrN2O3. The molecule has 4 aliphatic heterocycles. The van der Waals surface area contributed by atoms with E-state index in [9.17, 15) is 4.79 Å². The minimum Gasteiger partial charge on any atom is -0.447 e. The number of hydrogen-bond donors (Lipinski definition) is 0. The Morgan fingerprint density at radius 3 is 2.68 bits per heavy atom.